The number of unbranched alkanes of at least 4 members (excludes halogenated alkanes) is 1. The summed E-state index contributed by atoms with van der Waals surface area (Å²) in [4.78, 5) is 39.9. The number of amides is 2. The quantitative estimate of drug-likeness (QED) is 0.360. The number of nitrogens with zero attached hydrogens (tertiary/aromatic N) is 1. The molecule has 6 heteroatoms. The van der Waals surface area contributed by atoms with Crippen LogP contribution < -0.4 is 4.90 Å². The molecule has 2 amide bonds. The fourth-order valence-electron chi connectivity index (χ4n) is 3.02. The third kappa shape index (κ3) is 4.43. The summed E-state index contributed by atoms with van der Waals surface area (Å²) in [5.41, 5.74) is 1.97. The summed E-state index contributed by atoms with van der Waals surface area (Å²) in [7, 11) is 0. The monoisotopic (exact) mass is 409 g/mol. The Hall–Kier alpha value is -2.86. The summed E-state index contributed by atoms with van der Waals surface area (Å²) in [5.74, 6) is -0.412. The van der Waals surface area contributed by atoms with Crippen LogP contribution in [0.3, 0.4) is 0 Å². The Morgan fingerprint density at radius 2 is 1.66 bits per heavy atom. The SMILES string of the molecule is CCCCOC(=O)c1ccc(N2C(=O)C(SCC)=C(c3ccccc3)C2=O)cc1. The fourth-order valence-corrected chi connectivity index (χ4v) is 3.87. The van der Waals surface area contributed by atoms with Gasteiger partial charge >= 0.3 is 5.97 Å². The van der Waals surface area contributed by atoms with E-state index in [4.69, 9.17) is 4.74 Å². The van der Waals surface area contributed by atoms with Crippen molar-refractivity contribution in [1.82, 2.24) is 0 Å². The first-order valence-corrected chi connectivity index (χ1v) is 10.7. The fraction of sp³-hybridized carbons (Fsp3) is 0.261. The summed E-state index contributed by atoms with van der Waals surface area (Å²) < 4.78 is 5.20. The summed E-state index contributed by atoms with van der Waals surface area (Å²) in [6, 6.07) is 15.6. The minimum atomic E-state index is -0.408. The molecule has 0 unspecified atom stereocenters. The van der Waals surface area contributed by atoms with Crippen LogP contribution in [-0.4, -0.2) is 30.1 Å². The van der Waals surface area contributed by atoms with E-state index >= 15 is 0 Å². The molecule has 0 aliphatic carbocycles. The van der Waals surface area contributed by atoms with E-state index in [1.807, 2.05) is 44.2 Å². The number of thioether (sulfide) groups is 1. The average molecular weight is 410 g/mol. The maximum atomic E-state index is 13.1. The first kappa shape index (κ1) is 20.9. The van der Waals surface area contributed by atoms with Gasteiger partial charge in [-0.1, -0.05) is 50.6 Å². The molecule has 0 atom stereocenters. The molecule has 3 rings (SSSR count). The van der Waals surface area contributed by atoms with Crippen LogP contribution in [0.2, 0.25) is 0 Å². The third-order valence-electron chi connectivity index (χ3n) is 4.48. The van der Waals surface area contributed by atoms with Gasteiger partial charge in [-0.2, -0.15) is 0 Å². The van der Waals surface area contributed by atoms with E-state index in [1.165, 1.54) is 16.7 Å². The predicted molar refractivity (Wildman–Crippen MR) is 116 cm³/mol. The Bertz CT molecular complexity index is 935. The van der Waals surface area contributed by atoms with Gasteiger partial charge in [0.15, 0.2) is 0 Å². The number of carbonyl (C=O) groups is 3. The molecule has 0 spiro atoms. The summed E-state index contributed by atoms with van der Waals surface area (Å²) >= 11 is 1.36. The first-order chi connectivity index (χ1) is 14.1. The third-order valence-corrected chi connectivity index (χ3v) is 5.44. The van der Waals surface area contributed by atoms with Crippen molar-refractivity contribution in [3.8, 4) is 0 Å². The van der Waals surface area contributed by atoms with Gasteiger partial charge < -0.3 is 4.74 Å². The van der Waals surface area contributed by atoms with E-state index < -0.39 is 5.97 Å². The highest BCUT2D eigenvalue weighted by atomic mass is 32.2. The average Bonchev–Trinajstić information content (AvgIpc) is 2.99. The summed E-state index contributed by atoms with van der Waals surface area (Å²) in [5, 5.41) is 0. The van der Waals surface area contributed by atoms with Crippen molar-refractivity contribution in [3.05, 3.63) is 70.6 Å². The molecule has 5 nitrogen and oxygen atoms in total. The number of hydrogen-bond acceptors (Lipinski definition) is 5. The van der Waals surface area contributed by atoms with Crippen molar-refractivity contribution >= 4 is 40.8 Å². The van der Waals surface area contributed by atoms with Gasteiger partial charge in [-0.3, -0.25) is 9.59 Å². The van der Waals surface area contributed by atoms with Crippen LogP contribution in [-0.2, 0) is 14.3 Å². The lowest BCUT2D eigenvalue weighted by molar-refractivity contribution is -0.119. The van der Waals surface area contributed by atoms with Crippen LogP contribution in [0, 0.1) is 0 Å². The van der Waals surface area contributed by atoms with Gasteiger partial charge in [0.1, 0.15) is 0 Å². The molecular weight excluding hydrogens is 386 g/mol. The smallest absolute Gasteiger partial charge is 0.338 e. The minimum absolute atomic E-state index is 0.334. The molecular formula is C23H23NO4S. The van der Waals surface area contributed by atoms with Crippen LogP contribution in [0.4, 0.5) is 5.69 Å². The normalized spacial score (nSPS) is 13.9. The number of imide groups is 1. The van der Waals surface area contributed by atoms with Crippen molar-refractivity contribution in [3.63, 3.8) is 0 Å². The lowest BCUT2D eigenvalue weighted by Gasteiger charge is -2.15. The Kier molecular flexibility index (Phi) is 6.88. The number of hydrogen-bond donors (Lipinski definition) is 0. The van der Waals surface area contributed by atoms with Crippen LogP contribution in [0.1, 0.15) is 42.6 Å². The molecule has 1 aliphatic heterocycles. The number of rotatable bonds is 8. The number of benzene rings is 2. The lowest BCUT2D eigenvalue weighted by atomic mass is 10.1. The maximum Gasteiger partial charge on any atom is 0.338 e. The molecule has 2 aromatic carbocycles. The van der Waals surface area contributed by atoms with Gasteiger partial charge in [0, 0.05) is 0 Å². The molecule has 0 saturated carbocycles. The molecule has 29 heavy (non-hydrogen) atoms. The molecule has 0 aromatic heterocycles. The van der Waals surface area contributed by atoms with Crippen LogP contribution in [0.15, 0.2) is 59.5 Å². The van der Waals surface area contributed by atoms with Gasteiger partial charge in [0.25, 0.3) is 11.8 Å². The van der Waals surface area contributed by atoms with Crippen molar-refractivity contribution < 1.29 is 19.1 Å². The molecule has 0 fully saturated rings. The number of esters is 1. The Morgan fingerprint density at radius 1 is 0.966 bits per heavy atom. The summed E-state index contributed by atoms with van der Waals surface area (Å²) in [6.45, 7) is 4.34. The van der Waals surface area contributed by atoms with Gasteiger partial charge in [0.2, 0.25) is 0 Å². The highest BCUT2D eigenvalue weighted by Crippen LogP contribution is 2.38. The van der Waals surface area contributed by atoms with Crippen molar-refractivity contribution in [2.45, 2.75) is 26.7 Å². The zero-order valence-corrected chi connectivity index (χ0v) is 17.3. The molecule has 0 N–H and O–H groups in total. The van der Waals surface area contributed by atoms with Crippen LogP contribution in [0.5, 0.6) is 0 Å². The predicted octanol–water partition coefficient (Wildman–Crippen LogP) is 4.68. The number of carbonyl (C=O) groups excluding carboxylic acids is 3. The van der Waals surface area contributed by atoms with E-state index in [9.17, 15) is 14.4 Å². The molecule has 1 heterocycles. The Morgan fingerprint density at radius 3 is 2.28 bits per heavy atom. The van der Waals surface area contributed by atoms with Crippen LogP contribution >= 0.6 is 11.8 Å². The van der Waals surface area contributed by atoms with E-state index in [0.29, 0.717) is 34.1 Å². The molecule has 2 aromatic rings. The molecule has 150 valence electrons. The highest BCUT2D eigenvalue weighted by molar-refractivity contribution is 8.04. The zero-order valence-electron chi connectivity index (χ0n) is 16.5. The van der Waals surface area contributed by atoms with Crippen molar-refractivity contribution in [1.29, 1.82) is 0 Å². The van der Waals surface area contributed by atoms with Gasteiger partial charge in [-0.05, 0) is 42.0 Å². The second-order valence-corrected chi connectivity index (χ2v) is 7.76. The molecule has 0 saturated heterocycles. The topological polar surface area (TPSA) is 63.7 Å². The van der Waals surface area contributed by atoms with Crippen molar-refractivity contribution in [2.24, 2.45) is 0 Å². The largest absolute Gasteiger partial charge is 0.462 e. The van der Waals surface area contributed by atoms with E-state index in [2.05, 4.69) is 0 Å². The second-order valence-electron chi connectivity index (χ2n) is 6.49. The Labute approximate surface area is 174 Å². The standard InChI is InChI=1S/C23H23NO4S/c1-3-5-15-28-23(27)17-11-13-18(14-12-17)24-21(25)19(16-9-7-6-8-10-16)20(22(24)26)29-4-2/h6-14H,3-5,15H2,1-2H3. The maximum absolute atomic E-state index is 13.1. The van der Waals surface area contributed by atoms with Crippen LogP contribution in [0.25, 0.3) is 5.57 Å². The lowest BCUT2D eigenvalue weighted by Crippen LogP contribution is -2.31. The van der Waals surface area contributed by atoms with E-state index in [-0.39, 0.29) is 11.8 Å². The highest BCUT2D eigenvalue weighted by Gasteiger charge is 2.39. The van der Waals surface area contributed by atoms with Gasteiger partial charge in [-0.15, -0.1) is 11.8 Å². The molecule has 1 aliphatic rings. The minimum Gasteiger partial charge on any atom is -0.462 e. The van der Waals surface area contributed by atoms with Gasteiger partial charge in [0.05, 0.1) is 28.3 Å². The second kappa shape index (κ2) is 9.56. The van der Waals surface area contributed by atoms with Crippen molar-refractivity contribution in [2.75, 3.05) is 17.3 Å². The zero-order chi connectivity index (χ0) is 20.8. The van der Waals surface area contributed by atoms with E-state index in [0.717, 1.165) is 18.4 Å². The number of ether oxygens (including phenoxy) is 1. The molecule has 0 radical (unpaired) electrons. The van der Waals surface area contributed by atoms with E-state index in [1.54, 1.807) is 24.3 Å². The summed E-state index contributed by atoms with van der Waals surface area (Å²) in [6.07, 6.45) is 1.76. The first-order valence-electron chi connectivity index (χ1n) is 9.67. The van der Waals surface area contributed by atoms with Gasteiger partial charge in [-0.25, -0.2) is 9.69 Å². The number of anilines is 1. The molecule has 0 bridgehead atoms. The Balaban J connectivity index is 1.86.